The Kier molecular flexibility index (Phi) is 4.04. The second-order valence-electron chi connectivity index (χ2n) is 5.31. The highest BCUT2D eigenvalue weighted by Crippen LogP contribution is 2.41. The molecule has 88 valence electrons. The molecule has 0 aromatic carbocycles. The molecule has 0 aromatic heterocycles. The van der Waals surface area contributed by atoms with Crippen molar-refractivity contribution >= 4 is 0 Å². The van der Waals surface area contributed by atoms with E-state index in [9.17, 15) is 0 Å². The molecule has 15 heavy (non-hydrogen) atoms. The van der Waals surface area contributed by atoms with Crippen LogP contribution < -0.4 is 5.32 Å². The molecule has 0 aromatic rings. The molecule has 0 radical (unpaired) electrons. The lowest BCUT2D eigenvalue weighted by Crippen LogP contribution is -2.34. The predicted molar refractivity (Wildman–Crippen MR) is 63.0 cm³/mol. The van der Waals surface area contributed by atoms with Gasteiger partial charge in [0.25, 0.3) is 0 Å². The number of ether oxygens (including phenoxy) is 1. The van der Waals surface area contributed by atoms with Crippen LogP contribution in [0.25, 0.3) is 0 Å². The molecular weight excluding hydrogens is 186 g/mol. The third-order valence-electron chi connectivity index (χ3n) is 3.99. The van der Waals surface area contributed by atoms with E-state index in [2.05, 4.69) is 12.2 Å². The molecule has 0 unspecified atom stereocenters. The van der Waals surface area contributed by atoms with Crippen LogP contribution in [0.4, 0.5) is 0 Å². The molecule has 2 saturated carbocycles. The van der Waals surface area contributed by atoms with E-state index in [0.29, 0.717) is 5.41 Å². The monoisotopic (exact) mass is 211 g/mol. The summed E-state index contributed by atoms with van der Waals surface area (Å²) in [6, 6.07) is 0.856. The molecule has 2 nitrogen and oxygen atoms in total. The summed E-state index contributed by atoms with van der Waals surface area (Å²) >= 11 is 0. The molecule has 2 fully saturated rings. The summed E-state index contributed by atoms with van der Waals surface area (Å²) in [6.07, 6.45) is 9.76. The van der Waals surface area contributed by atoms with E-state index in [1.54, 1.807) is 0 Å². The molecular formula is C13H25NO. The molecule has 0 atom stereocenters. The van der Waals surface area contributed by atoms with Crippen molar-refractivity contribution in [1.82, 2.24) is 5.32 Å². The summed E-state index contributed by atoms with van der Waals surface area (Å²) in [7, 11) is 0. The van der Waals surface area contributed by atoms with Gasteiger partial charge in [-0.1, -0.05) is 12.8 Å². The van der Waals surface area contributed by atoms with E-state index >= 15 is 0 Å². The van der Waals surface area contributed by atoms with Crippen LogP contribution in [-0.4, -0.2) is 25.8 Å². The first kappa shape index (κ1) is 11.4. The minimum absolute atomic E-state index is 0.581. The van der Waals surface area contributed by atoms with Gasteiger partial charge in [0.1, 0.15) is 0 Å². The highest BCUT2D eigenvalue weighted by Gasteiger charge is 2.34. The van der Waals surface area contributed by atoms with Gasteiger partial charge in [0.05, 0.1) is 0 Å². The Morgan fingerprint density at radius 1 is 1.27 bits per heavy atom. The van der Waals surface area contributed by atoms with Crippen molar-refractivity contribution in [3.8, 4) is 0 Å². The molecule has 0 amide bonds. The van der Waals surface area contributed by atoms with E-state index in [-0.39, 0.29) is 0 Å². The zero-order valence-electron chi connectivity index (χ0n) is 10.1. The van der Waals surface area contributed by atoms with Crippen LogP contribution in [0.5, 0.6) is 0 Å². The molecule has 0 spiro atoms. The van der Waals surface area contributed by atoms with Crippen molar-refractivity contribution in [2.24, 2.45) is 5.41 Å². The van der Waals surface area contributed by atoms with E-state index in [1.807, 2.05) is 0 Å². The van der Waals surface area contributed by atoms with E-state index in [4.69, 9.17) is 4.74 Å². The second kappa shape index (κ2) is 5.31. The van der Waals surface area contributed by atoms with Crippen LogP contribution in [0.1, 0.15) is 51.9 Å². The van der Waals surface area contributed by atoms with Gasteiger partial charge in [-0.2, -0.15) is 0 Å². The van der Waals surface area contributed by atoms with Crippen molar-refractivity contribution in [3.63, 3.8) is 0 Å². The van der Waals surface area contributed by atoms with Gasteiger partial charge in [0, 0.05) is 25.8 Å². The van der Waals surface area contributed by atoms with E-state index in [0.717, 1.165) is 19.3 Å². The van der Waals surface area contributed by atoms with Gasteiger partial charge in [-0.25, -0.2) is 0 Å². The molecule has 0 aliphatic heterocycles. The highest BCUT2D eigenvalue weighted by molar-refractivity contribution is 4.90. The molecule has 2 aliphatic carbocycles. The topological polar surface area (TPSA) is 21.3 Å². The Labute approximate surface area is 93.8 Å². The van der Waals surface area contributed by atoms with Crippen molar-refractivity contribution < 1.29 is 4.74 Å². The van der Waals surface area contributed by atoms with Gasteiger partial charge in [-0.3, -0.25) is 0 Å². The molecule has 0 heterocycles. The van der Waals surface area contributed by atoms with Gasteiger partial charge < -0.3 is 10.1 Å². The Bertz CT molecular complexity index is 183. The lowest BCUT2D eigenvalue weighted by molar-refractivity contribution is 0.103. The zero-order chi connectivity index (χ0) is 10.6. The first-order valence-corrected chi connectivity index (χ1v) is 6.66. The highest BCUT2D eigenvalue weighted by atomic mass is 16.5. The fourth-order valence-corrected chi connectivity index (χ4v) is 2.72. The third kappa shape index (κ3) is 3.46. The number of nitrogens with one attached hydrogen (secondary N) is 1. The summed E-state index contributed by atoms with van der Waals surface area (Å²) < 4.78 is 5.52. The van der Waals surface area contributed by atoms with Crippen molar-refractivity contribution in [3.05, 3.63) is 0 Å². The van der Waals surface area contributed by atoms with Crippen LogP contribution >= 0.6 is 0 Å². The van der Waals surface area contributed by atoms with Gasteiger partial charge in [0.15, 0.2) is 0 Å². The molecule has 1 N–H and O–H groups in total. The quantitative estimate of drug-likeness (QED) is 0.654. The van der Waals surface area contributed by atoms with Crippen molar-refractivity contribution in [2.75, 3.05) is 19.8 Å². The van der Waals surface area contributed by atoms with Crippen LogP contribution in [0, 0.1) is 5.41 Å². The Hall–Kier alpha value is -0.0800. The Morgan fingerprint density at radius 2 is 2.00 bits per heavy atom. The first-order chi connectivity index (χ1) is 7.35. The van der Waals surface area contributed by atoms with Crippen LogP contribution in [0.15, 0.2) is 0 Å². The van der Waals surface area contributed by atoms with Gasteiger partial charge in [-0.05, 0) is 44.4 Å². The van der Waals surface area contributed by atoms with Gasteiger partial charge >= 0.3 is 0 Å². The normalized spacial score (nSPS) is 24.6. The summed E-state index contributed by atoms with van der Waals surface area (Å²) in [5.41, 5.74) is 0.581. The standard InChI is InChI=1S/C13H25NO/c1-2-15-10-9-13(7-3-4-8-13)11-14-12-5-6-12/h12,14H,2-11H2,1H3. The summed E-state index contributed by atoms with van der Waals surface area (Å²) in [5.74, 6) is 0. The number of hydrogen-bond donors (Lipinski definition) is 1. The smallest absolute Gasteiger partial charge is 0.0471 e. The van der Waals surface area contributed by atoms with Crippen LogP contribution in [0.3, 0.4) is 0 Å². The third-order valence-corrected chi connectivity index (χ3v) is 3.99. The SMILES string of the molecule is CCOCCC1(CNC2CC2)CCCC1. The molecule has 0 bridgehead atoms. The maximum absolute atomic E-state index is 5.52. The van der Waals surface area contributed by atoms with E-state index < -0.39 is 0 Å². The largest absolute Gasteiger partial charge is 0.382 e. The first-order valence-electron chi connectivity index (χ1n) is 6.66. The molecule has 2 rings (SSSR count). The molecule has 0 saturated heterocycles. The summed E-state index contributed by atoms with van der Waals surface area (Å²) in [5, 5.41) is 3.71. The minimum atomic E-state index is 0.581. The maximum Gasteiger partial charge on any atom is 0.0471 e. The van der Waals surface area contributed by atoms with E-state index in [1.165, 1.54) is 51.5 Å². The summed E-state index contributed by atoms with van der Waals surface area (Å²) in [4.78, 5) is 0. The van der Waals surface area contributed by atoms with Crippen molar-refractivity contribution in [1.29, 1.82) is 0 Å². The second-order valence-corrected chi connectivity index (χ2v) is 5.31. The van der Waals surface area contributed by atoms with Gasteiger partial charge in [0.2, 0.25) is 0 Å². The lowest BCUT2D eigenvalue weighted by Gasteiger charge is -2.29. The minimum Gasteiger partial charge on any atom is -0.382 e. The van der Waals surface area contributed by atoms with Gasteiger partial charge in [-0.15, -0.1) is 0 Å². The maximum atomic E-state index is 5.52. The number of rotatable bonds is 7. The average Bonchev–Trinajstić information content (AvgIpc) is 2.97. The molecule has 2 heteroatoms. The van der Waals surface area contributed by atoms with Crippen LogP contribution in [-0.2, 0) is 4.74 Å². The lowest BCUT2D eigenvalue weighted by atomic mass is 9.83. The average molecular weight is 211 g/mol. The fraction of sp³-hybridized carbons (Fsp3) is 1.00. The zero-order valence-corrected chi connectivity index (χ0v) is 10.1. The fourth-order valence-electron chi connectivity index (χ4n) is 2.72. The molecule has 2 aliphatic rings. The Balaban J connectivity index is 1.73. The van der Waals surface area contributed by atoms with Crippen LogP contribution in [0.2, 0.25) is 0 Å². The number of hydrogen-bond acceptors (Lipinski definition) is 2. The predicted octanol–water partition coefficient (Wildman–Crippen LogP) is 2.73. The Morgan fingerprint density at radius 3 is 2.60 bits per heavy atom. The van der Waals surface area contributed by atoms with Crippen molar-refractivity contribution in [2.45, 2.75) is 57.9 Å². The summed E-state index contributed by atoms with van der Waals surface area (Å²) in [6.45, 7) is 5.16.